The number of thioether (sulfide) groups is 1. The van der Waals surface area contributed by atoms with E-state index in [0.717, 1.165) is 10.9 Å². The van der Waals surface area contributed by atoms with E-state index in [9.17, 15) is 4.79 Å². The lowest BCUT2D eigenvalue weighted by molar-refractivity contribution is 0.0982. The fraction of sp³-hybridized carbons (Fsp3) is 0.182. The molecule has 0 aliphatic heterocycles. The maximum absolute atomic E-state index is 11.0. The Balaban J connectivity index is 1.96. The maximum Gasteiger partial charge on any atom is 0.194 e. The second kappa shape index (κ2) is 4.40. The Morgan fingerprint density at radius 1 is 1.40 bits per heavy atom. The molecule has 0 fully saturated rings. The van der Waals surface area contributed by atoms with Crippen LogP contribution in [0.15, 0.2) is 44.5 Å². The maximum atomic E-state index is 11.0. The first-order valence-corrected chi connectivity index (χ1v) is 5.50. The van der Waals surface area contributed by atoms with Crippen molar-refractivity contribution in [1.29, 1.82) is 0 Å². The third-order valence-corrected chi connectivity index (χ3v) is 2.80. The van der Waals surface area contributed by atoms with E-state index in [1.54, 1.807) is 18.4 Å². The van der Waals surface area contributed by atoms with E-state index in [4.69, 9.17) is 8.83 Å². The average molecular weight is 222 g/mol. The zero-order valence-electron chi connectivity index (χ0n) is 8.23. The van der Waals surface area contributed by atoms with Crippen molar-refractivity contribution in [2.75, 3.05) is 0 Å². The van der Waals surface area contributed by atoms with Crippen LogP contribution in [0.25, 0.3) is 0 Å². The highest BCUT2D eigenvalue weighted by molar-refractivity contribution is 7.98. The van der Waals surface area contributed by atoms with E-state index < -0.39 is 0 Å². The van der Waals surface area contributed by atoms with Crippen molar-refractivity contribution >= 4 is 17.5 Å². The number of hydrogen-bond acceptors (Lipinski definition) is 4. The van der Waals surface area contributed by atoms with Gasteiger partial charge in [-0.1, -0.05) is 11.8 Å². The van der Waals surface area contributed by atoms with Gasteiger partial charge in [-0.3, -0.25) is 4.79 Å². The van der Waals surface area contributed by atoms with Crippen LogP contribution in [0.5, 0.6) is 0 Å². The topological polar surface area (TPSA) is 43.4 Å². The summed E-state index contributed by atoms with van der Waals surface area (Å²) in [5.74, 6) is 1.94. The molecule has 2 heterocycles. The fourth-order valence-electron chi connectivity index (χ4n) is 1.12. The number of ketones is 1. The zero-order chi connectivity index (χ0) is 10.7. The molecule has 0 bridgehead atoms. The van der Waals surface area contributed by atoms with E-state index >= 15 is 0 Å². The van der Waals surface area contributed by atoms with Gasteiger partial charge in [-0.25, -0.2) is 0 Å². The predicted molar refractivity (Wildman–Crippen MR) is 57.0 cm³/mol. The summed E-state index contributed by atoms with van der Waals surface area (Å²) in [6.07, 6.45) is 1.64. The van der Waals surface area contributed by atoms with Crippen LogP contribution in [0, 0.1) is 0 Å². The van der Waals surface area contributed by atoms with Gasteiger partial charge < -0.3 is 8.83 Å². The molecule has 0 aliphatic rings. The molecule has 0 radical (unpaired) electrons. The Labute approximate surface area is 91.5 Å². The second-order valence-corrected chi connectivity index (χ2v) is 4.02. The molecule has 2 aromatic rings. The summed E-state index contributed by atoms with van der Waals surface area (Å²) in [7, 11) is 0. The summed E-state index contributed by atoms with van der Waals surface area (Å²) >= 11 is 1.50. The minimum Gasteiger partial charge on any atom is -0.468 e. The number of rotatable bonds is 4. The third-order valence-electron chi connectivity index (χ3n) is 1.87. The average Bonchev–Trinajstić information content (AvgIpc) is 2.86. The Hall–Kier alpha value is -1.42. The number of hydrogen-bond donors (Lipinski definition) is 0. The molecule has 4 heteroatoms. The van der Waals surface area contributed by atoms with Crippen LogP contribution in [-0.4, -0.2) is 5.78 Å². The largest absolute Gasteiger partial charge is 0.468 e. The van der Waals surface area contributed by atoms with Crippen LogP contribution in [0.4, 0.5) is 0 Å². The quantitative estimate of drug-likeness (QED) is 0.587. The summed E-state index contributed by atoms with van der Waals surface area (Å²) < 4.78 is 10.5. The summed E-state index contributed by atoms with van der Waals surface area (Å²) in [5, 5.41) is 0.733. The molecule has 0 aromatic carbocycles. The monoisotopic (exact) mass is 222 g/mol. The second-order valence-electron chi connectivity index (χ2n) is 3.04. The van der Waals surface area contributed by atoms with Gasteiger partial charge in [0.25, 0.3) is 0 Å². The van der Waals surface area contributed by atoms with Crippen molar-refractivity contribution in [1.82, 2.24) is 0 Å². The molecule has 0 aliphatic carbocycles. The summed E-state index contributed by atoms with van der Waals surface area (Å²) in [5.41, 5.74) is 0. The first-order chi connectivity index (χ1) is 7.25. The Bertz CT molecular complexity index is 442. The first-order valence-electron chi connectivity index (χ1n) is 4.51. The molecule has 15 heavy (non-hydrogen) atoms. The molecule has 0 unspecified atom stereocenters. The molecule has 78 valence electrons. The van der Waals surface area contributed by atoms with Gasteiger partial charge in [-0.15, -0.1) is 0 Å². The molecular weight excluding hydrogens is 212 g/mol. The van der Waals surface area contributed by atoms with Crippen molar-refractivity contribution in [3.8, 4) is 0 Å². The summed E-state index contributed by atoms with van der Waals surface area (Å²) in [4.78, 5) is 11.0. The van der Waals surface area contributed by atoms with Crippen LogP contribution >= 0.6 is 11.8 Å². The minimum atomic E-state index is -0.0557. The zero-order valence-corrected chi connectivity index (χ0v) is 9.04. The third kappa shape index (κ3) is 2.53. The van der Waals surface area contributed by atoms with E-state index in [1.807, 2.05) is 12.1 Å². The smallest absolute Gasteiger partial charge is 0.194 e. The molecule has 0 amide bonds. The van der Waals surface area contributed by atoms with Crippen molar-refractivity contribution in [3.05, 3.63) is 42.0 Å². The SMILES string of the molecule is CC(=O)c1ccc(SCc2ccco2)o1. The normalized spacial score (nSPS) is 10.5. The van der Waals surface area contributed by atoms with Gasteiger partial charge in [0.1, 0.15) is 5.76 Å². The van der Waals surface area contributed by atoms with Gasteiger partial charge in [0.2, 0.25) is 0 Å². The van der Waals surface area contributed by atoms with E-state index in [2.05, 4.69) is 0 Å². The minimum absolute atomic E-state index is 0.0557. The van der Waals surface area contributed by atoms with Gasteiger partial charge in [-0.05, 0) is 24.3 Å². The van der Waals surface area contributed by atoms with E-state index in [1.165, 1.54) is 18.7 Å². The molecule has 0 atom stereocenters. The molecule has 0 saturated carbocycles. The first kappa shape index (κ1) is 10.1. The standard InChI is InChI=1S/C11H10O3S/c1-8(12)10-4-5-11(14-10)15-7-9-3-2-6-13-9/h2-6H,7H2,1H3. The molecule has 0 N–H and O–H groups in total. The lowest BCUT2D eigenvalue weighted by Gasteiger charge is -1.93. The van der Waals surface area contributed by atoms with Gasteiger partial charge in [0.15, 0.2) is 16.6 Å². The number of carbonyl (C=O) groups is 1. The number of Topliss-reactive ketones (excluding diaryl/α,β-unsaturated/α-hetero) is 1. The number of furan rings is 2. The van der Waals surface area contributed by atoms with Crippen LogP contribution in [-0.2, 0) is 5.75 Å². The van der Waals surface area contributed by atoms with Crippen LogP contribution in [0.1, 0.15) is 23.2 Å². The highest BCUT2D eigenvalue weighted by Gasteiger charge is 2.07. The molecule has 0 saturated heterocycles. The summed E-state index contributed by atoms with van der Waals surface area (Å²) in [6.45, 7) is 1.49. The van der Waals surface area contributed by atoms with Crippen molar-refractivity contribution in [2.45, 2.75) is 17.8 Å². The van der Waals surface area contributed by atoms with Crippen LogP contribution in [0.3, 0.4) is 0 Å². The Morgan fingerprint density at radius 2 is 2.27 bits per heavy atom. The van der Waals surface area contributed by atoms with Crippen LogP contribution in [0.2, 0.25) is 0 Å². The van der Waals surface area contributed by atoms with E-state index in [-0.39, 0.29) is 5.78 Å². The van der Waals surface area contributed by atoms with Crippen LogP contribution < -0.4 is 0 Å². The summed E-state index contributed by atoms with van der Waals surface area (Å²) in [6, 6.07) is 7.23. The Kier molecular flexibility index (Phi) is 2.97. The lowest BCUT2D eigenvalue weighted by Crippen LogP contribution is -1.85. The predicted octanol–water partition coefficient (Wildman–Crippen LogP) is 3.37. The van der Waals surface area contributed by atoms with Crippen molar-refractivity contribution < 1.29 is 13.6 Å². The molecule has 2 aromatic heterocycles. The van der Waals surface area contributed by atoms with Gasteiger partial charge >= 0.3 is 0 Å². The highest BCUT2D eigenvalue weighted by atomic mass is 32.2. The molecule has 0 spiro atoms. The molecule has 2 rings (SSSR count). The van der Waals surface area contributed by atoms with Gasteiger partial charge in [-0.2, -0.15) is 0 Å². The Morgan fingerprint density at radius 3 is 2.87 bits per heavy atom. The van der Waals surface area contributed by atoms with Crippen molar-refractivity contribution in [3.63, 3.8) is 0 Å². The van der Waals surface area contributed by atoms with Gasteiger partial charge in [0, 0.05) is 6.92 Å². The lowest BCUT2D eigenvalue weighted by atomic mass is 10.3. The van der Waals surface area contributed by atoms with Gasteiger partial charge in [0.05, 0.1) is 12.0 Å². The highest BCUT2D eigenvalue weighted by Crippen LogP contribution is 2.25. The number of carbonyl (C=O) groups excluding carboxylic acids is 1. The fourth-order valence-corrected chi connectivity index (χ4v) is 1.89. The molecule has 3 nitrogen and oxygen atoms in total. The molecular formula is C11H10O3S. The van der Waals surface area contributed by atoms with Crippen molar-refractivity contribution in [2.24, 2.45) is 0 Å². The van der Waals surface area contributed by atoms with E-state index in [0.29, 0.717) is 11.5 Å².